The normalized spacial score (nSPS) is 11.7. The third-order valence-corrected chi connectivity index (χ3v) is 12.7. The van der Waals surface area contributed by atoms with Crippen molar-refractivity contribution in [2.75, 3.05) is 0 Å². The van der Waals surface area contributed by atoms with Crippen LogP contribution in [0.3, 0.4) is 0 Å². The van der Waals surface area contributed by atoms with Gasteiger partial charge < -0.3 is 13.7 Å². The van der Waals surface area contributed by atoms with Gasteiger partial charge in [-0.2, -0.15) is 0 Å². The second kappa shape index (κ2) is 14.5. The van der Waals surface area contributed by atoms with Gasteiger partial charge in [-0.05, 0) is 60.7 Å². The van der Waals surface area contributed by atoms with Gasteiger partial charge in [-0.1, -0.05) is 152 Å². The third kappa shape index (κ3) is 5.58. The predicted octanol–water partition coefficient (Wildman–Crippen LogP) is 14.7. The highest BCUT2D eigenvalue weighted by molar-refractivity contribution is 6.19. The van der Waals surface area contributed by atoms with E-state index >= 15 is 0 Å². The predicted molar refractivity (Wildman–Crippen MR) is 265 cm³/mol. The molecule has 0 unspecified atom stereocenters. The summed E-state index contributed by atoms with van der Waals surface area (Å²) < 4.78 is 7.27. The molecule has 9 aromatic carbocycles. The first-order valence-corrected chi connectivity index (χ1v) is 21.7. The topological polar surface area (TPSA) is 57.8 Å². The molecule has 65 heavy (non-hydrogen) atoms. The average Bonchev–Trinajstić information content (AvgIpc) is 4.03. The van der Waals surface area contributed by atoms with Crippen molar-refractivity contribution in [3.8, 4) is 51.2 Å². The van der Waals surface area contributed by atoms with Crippen LogP contribution in [-0.4, -0.2) is 28.7 Å². The van der Waals surface area contributed by atoms with Crippen LogP contribution in [0.15, 0.2) is 212 Å². The molecule has 0 saturated heterocycles. The first kappa shape index (κ1) is 36.5. The van der Waals surface area contributed by atoms with Gasteiger partial charge in [0.15, 0.2) is 23.2 Å². The fourth-order valence-electron chi connectivity index (χ4n) is 9.97. The molecule has 302 valence electrons. The zero-order valence-corrected chi connectivity index (χ0v) is 34.8. The number of rotatable bonds is 6. The standard InChI is InChI=1S/C58H35N7/c1-59-39-21-15-20-38(36-39)57-60-56(37-18-3-2-4-19-37)61-58(62-57)44-26-9-14-32-50(44)65-52-34-17-33-51(63-46-28-10-5-22-40(46)41-23-6-11-29-47(41)63)54(52)45-27-16-35-53(55(45)65)64-48-30-12-7-24-42(48)43-25-8-13-31-49(43)64/h2-36H. The van der Waals surface area contributed by atoms with Crippen molar-refractivity contribution >= 4 is 71.1 Å². The summed E-state index contributed by atoms with van der Waals surface area (Å²) in [6.45, 7) is 7.76. The van der Waals surface area contributed by atoms with Gasteiger partial charge in [-0.3, -0.25) is 0 Å². The maximum atomic E-state index is 7.76. The smallest absolute Gasteiger partial charge is 0.187 e. The highest BCUT2D eigenvalue weighted by Crippen LogP contribution is 2.44. The second-order valence-corrected chi connectivity index (χ2v) is 16.3. The van der Waals surface area contributed by atoms with Crippen LogP contribution >= 0.6 is 0 Å². The SMILES string of the molecule is [C-]#[N+]c1cccc(-c2nc(-c3ccccc3)nc(-c3ccccc3-n3c4cccc(-n5c6ccccc6c6ccccc65)c4c4cccc(-n5c6ccccc6c6ccccc65)c43)n2)c1. The van der Waals surface area contributed by atoms with Gasteiger partial charge in [0.05, 0.1) is 56.7 Å². The van der Waals surface area contributed by atoms with Crippen LogP contribution in [0.5, 0.6) is 0 Å². The van der Waals surface area contributed by atoms with Crippen LogP contribution in [0.2, 0.25) is 0 Å². The molecule has 0 aliphatic rings. The lowest BCUT2D eigenvalue weighted by Crippen LogP contribution is -2.05. The number of para-hydroxylation sites is 6. The lowest BCUT2D eigenvalue weighted by Gasteiger charge is -2.17. The van der Waals surface area contributed by atoms with Crippen LogP contribution in [0, 0.1) is 6.57 Å². The van der Waals surface area contributed by atoms with E-state index in [4.69, 9.17) is 21.5 Å². The summed E-state index contributed by atoms with van der Waals surface area (Å²) in [5, 5.41) is 7.06. The Morgan fingerprint density at radius 2 is 0.785 bits per heavy atom. The molecular weight excluding hydrogens is 795 g/mol. The first-order valence-electron chi connectivity index (χ1n) is 21.7. The summed E-state index contributed by atoms with van der Waals surface area (Å²) in [4.78, 5) is 19.2. The van der Waals surface area contributed by atoms with Crippen LogP contribution in [-0.2, 0) is 0 Å². The van der Waals surface area contributed by atoms with E-state index in [1.807, 2.05) is 48.5 Å². The Morgan fingerprint density at radius 1 is 0.338 bits per heavy atom. The molecule has 4 heterocycles. The van der Waals surface area contributed by atoms with Crippen molar-refractivity contribution in [2.24, 2.45) is 0 Å². The number of hydrogen-bond donors (Lipinski definition) is 0. The van der Waals surface area contributed by atoms with Crippen molar-refractivity contribution in [1.82, 2.24) is 28.7 Å². The fraction of sp³-hybridized carbons (Fsp3) is 0. The zero-order valence-electron chi connectivity index (χ0n) is 34.8. The number of hydrogen-bond acceptors (Lipinski definition) is 3. The molecular formula is C58H35N7. The van der Waals surface area contributed by atoms with E-state index in [0.717, 1.165) is 77.6 Å². The van der Waals surface area contributed by atoms with E-state index in [0.29, 0.717) is 23.2 Å². The van der Waals surface area contributed by atoms with Gasteiger partial charge in [0, 0.05) is 49.0 Å². The highest BCUT2D eigenvalue weighted by Gasteiger charge is 2.25. The molecule has 7 heteroatoms. The molecule has 7 nitrogen and oxygen atoms in total. The lowest BCUT2D eigenvalue weighted by molar-refractivity contribution is 1.06. The molecule has 0 N–H and O–H groups in total. The molecule has 0 aliphatic carbocycles. The molecule has 0 atom stereocenters. The Kier molecular flexibility index (Phi) is 8.14. The van der Waals surface area contributed by atoms with E-state index in [-0.39, 0.29) is 0 Å². The Hall–Kier alpha value is -9.12. The average molecular weight is 830 g/mol. The summed E-state index contributed by atoms with van der Waals surface area (Å²) in [6.07, 6.45) is 0. The number of benzene rings is 9. The number of nitrogens with zero attached hydrogens (tertiary/aromatic N) is 7. The van der Waals surface area contributed by atoms with Gasteiger partial charge in [0.25, 0.3) is 0 Å². The van der Waals surface area contributed by atoms with Gasteiger partial charge in [0.1, 0.15) is 0 Å². The lowest BCUT2D eigenvalue weighted by atomic mass is 10.1. The van der Waals surface area contributed by atoms with E-state index < -0.39 is 0 Å². The largest absolute Gasteiger partial charge is 0.309 e. The zero-order chi connectivity index (χ0) is 43.0. The summed E-state index contributed by atoms with van der Waals surface area (Å²) in [7, 11) is 0. The van der Waals surface area contributed by atoms with E-state index in [1.54, 1.807) is 6.07 Å². The summed E-state index contributed by atoms with van der Waals surface area (Å²) >= 11 is 0. The summed E-state index contributed by atoms with van der Waals surface area (Å²) in [5.74, 6) is 1.58. The van der Waals surface area contributed by atoms with Gasteiger partial charge in [-0.15, -0.1) is 0 Å². The van der Waals surface area contributed by atoms with Crippen LogP contribution in [0.1, 0.15) is 0 Å². The monoisotopic (exact) mass is 829 g/mol. The Labute approximate surface area is 373 Å². The minimum absolute atomic E-state index is 0.496. The van der Waals surface area contributed by atoms with Gasteiger partial charge >= 0.3 is 0 Å². The maximum absolute atomic E-state index is 7.76. The fourth-order valence-corrected chi connectivity index (χ4v) is 9.97. The Balaban J connectivity index is 1.17. The van der Waals surface area contributed by atoms with Gasteiger partial charge in [-0.25, -0.2) is 19.8 Å². The maximum Gasteiger partial charge on any atom is 0.187 e. The Morgan fingerprint density at radius 3 is 1.43 bits per heavy atom. The number of aromatic nitrogens is 6. The van der Waals surface area contributed by atoms with Crippen molar-refractivity contribution in [3.05, 3.63) is 224 Å². The summed E-state index contributed by atoms with van der Waals surface area (Å²) in [6, 6.07) is 74.1. The second-order valence-electron chi connectivity index (χ2n) is 16.3. The van der Waals surface area contributed by atoms with Crippen LogP contribution < -0.4 is 0 Å². The van der Waals surface area contributed by atoms with Crippen molar-refractivity contribution in [1.29, 1.82) is 0 Å². The molecule has 13 rings (SSSR count). The van der Waals surface area contributed by atoms with E-state index in [9.17, 15) is 0 Å². The molecule has 0 spiro atoms. The minimum Gasteiger partial charge on any atom is -0.309 e. The van der Waals surface area contributed by atoms with Gasteiger partial charge in [0.2, 0.25) is 0 Å². The van der Waals surface area contributed by atoms with Crippen LogP contribution in [0.4, 0.5) is 5.69 Å². The molecule has 0 fully saturated rings. The first-order chi connectivity index (χ1) is 32.2. The molecule has 0 radical (unpaired) electrons. The van der Waals surface area contributed by atoms with Crippen molar-refractivity contribution in [2.45, 2.75) is 0 Å². The molecule has 0 bridgehead atoms. The molecule has 0 aliphatic heterocycles. The molecule has 4 aromatic heterocycles. The highest BCUT2D eigenvalue weighted by atomic mass is 15.1. The Bertz CT molecular complexity index is 3980. The van der Waals surface area contributed by atoms with Crippen molar-refractivity contribution in [3.63, 3.8) is 0 Å². The molecule has 13 aromatic rings. The minimum atomic E-state index is 0.496. The van der Waals surface area contributed by atoms with E-state index in [1.165, 1.54) is 21.5 Å². The van der Waals surface area contributed by atoms with Crippen LogP contribution in [0.25, 0.3) is 121 Å². The van der Waals surface area contributed by atoms with Crippen molar-refractivity contribution < 1.29 is 0 Å². The summed E-state index contributed by atoms with van der Waals surface area (Å²) in [5.41, 5.74) is 12.7. The quantitative estimate of drug-likeness (QED) is 0.157. The molecule has 0 saturated carbocycles. The third-order valence-electron chi connectivity index (χ3n) is 12.7. The van der Waals surface area contributed by atoms with E-state index in [2.05, 4.69) is 176 Å². The number of fused-ring (bicyclic) bond motifs is 9. The molecule has 0 amide bonds.